The molecule has 0 radical (unpaired) electrons. The van der Waals surface area contributed by atoms with Crippen LogP contribution in [0.1, 0.15) is 63.6 Å². The molecule has 1 aliphatic heterocycles. The Balaban J connectivity index is 1.63. The predicted molar refractivity (Wildman–Crippen MR) is 130 cm³/mol. The molecule has 1 atom stereocenters. The molecule has 3 aromatic rings. The second-order valence-electron chi connectivity index (χ2n) is 8.84. The van der Waals surface area contributed by atoms with Crippen LogP contribution in [0.25, 0.3) is 0 Å². The molecule has 3 aromatic carbocycles. The van der Waals surface area contributed by atoms with Crippen molar-refractivity contribution >= 4 is 23.4 Å². The maximum atomic E-state index is 14.0. The lowest BCUT2D eigenvalue weighted by Crippen LogP contribution is -2.48. The summed E-state index contributed by atoms with van der Waals surface area (Å²) in [6, 6.07) is 22.8. The minimum Gasteiger partial charge on any atom is -0.350 e. The Morgan fingerprint density at radius 3 is 2.26 bits per heavy atom. The number of amides is 3. The van der Waals surface area contributed by atoms with Crippen LogP contribution in [0, 0.1) is 0 Å². The summed E-state index contributed by atoms with van der Waals surface area (Å²) in [5.74, 6) is -0.854. The van der Waals surface area contributed by atoms with E-state index < -0.39 is 6.04 Å². The van der Waals surface area contributed by atoms with E-state index in [9.17, 15) is 14.4 Å². The molecule has 172 valence electrons. The van der Waals surface area contributed by atoms with Crippen molar-refractivity contribution in [1.29, 1.82) is 0 Å². The molecule has 1 unspecified atom stereocenters. The average molecular weight is 454 g/mol. The van der Waals surface area contributed by atoms with Crippen molar-refractivity contribution < 1.29 is 14.4 Å². The molecule has 0 spiro atoms. The second kappa shape index (κ2) is 9.51. The van der Waals surface area contributed by atoms with Crippen LogP contribution in [0.5, 0.6) is 0 Å². The highest BCUT2D eigenvalue weighted by atomic mass is 16.2. The lowest BCUT2D eigenvalue weighted by Gasteiger charge is -2.36. The van der Waals surface area contributed by atoms with Gasteiger partial charge in [0.15, 0.2) is 0 Å². The first kappa shape index (κ1) is 21.9. The molecule has 1 aliphatic carbocycles. The van der Waals surface area contributed by atoms with Crippen molar-refractivity contribution in [1.82, 2.24) is 10.2 Å². The van der Waals surface area contributed by atoms with E-state index in [2.05, 4.69) is 10.6 Å². The van der Waals surface area contributed by atoms with Gasteiger partial charge in [-0.3, -0.25) is 14.4 Å². The van der Waals surface area contributed by atoms with E-state index in [4.69, 9.17) is 0 Å². The van der Waals surface area contributed by atoms with Gasteiger partial charge in [0.05, 0.1) is 11.3 Å². The zero-order valence-electron chi connectivity index (χ0n) is 18.9. The minimum absolute atomic E-state index is 0.0747. The number of carbonyl (C=O) groups is 3. The van der Waals surface area contributed by atoms with Gasteiger partial charge in [-0.25, -0.2) is 0 Å². The van der Waals surface area contributed by atoms with Crippen molar-refractivity contribution in [2.45, 2.75) is 44.3 Å². The Morgan fingerprint density at radius 1 is 0.853 bits per heavy atom. The highest BCUT2D eigenvalue weighted by Crippen LogP contribution is 2.36. The van der Waals surface area contributed by atoms with Crippen LogP contribution in [0.2, 0.25) is 0 Å². The molecule has 6 nitrogen and oxygen atoms in total. The molecule has 3 amide bonds. The highest BCUT2D eigenvalue weighted by molar-refractivity contribution is 6.12. The van der Waals surface area contributed by atoms with Gasteiger partial charge in [-0.1, -0.05) is 73.5 Å². The number of fused-ring (bicyclic) bond motifs is 2. The molecular formula is C28H27N3O3. The van der Waals surface area contributed by atoms with Gasteiger partial charge in [-0.2, -0.15) is 0 Å². The van der Waals surface area contributed by atoms with Crippen molar-refractivity contribution in [3.05, 3.63) is 101 Å². The fraction of sp³-hybridized carbons (Fsp3) is 0.250. The lowest BCUT2D eigenvalue weighted by molar-refractivity contribution is -0.126. The molecule has 0 bridgehead atoms. The van der Waals surface area contributed by atoms with Crippen LogP contribution in [0.4, 0.5) is 5.69 Å². The second-order valence-corrected chi connectivity index (χ2v) is 8.84. The van der Waals surface area contributed by atoms with E-state index in [0.717, 1.165) is 31.2 Å². The summed E-state index contributed by atoms with van der Waals surface area (Å²) in [5, 5.41) is 5.93. The number of nitrogens with one attached hydrogen (secondary N) is 2. The van der Waals surface area contributed by atoms with Crippen molar-refractivity contribution in [2.75, 3.05) is 5.32 Å². The minimum atomic E-state index is -0.910. The van der Waals surface area contributed by atoms with Gasteiger partial charge < -0.3 is 15.5 Å². The number of anilines is 1. The first-order valence-electron chi connectivity index (χ1n) is 11.8. The molecule has 0 aromatic heterocycles. The van der Waals surface area contributed by atoms with Gasteiger partial charge in [0, 0.05) is 18.2 Å². The van der Waals surface area contributed by atoms with E-state index in [1.165, 1.54) is 0 Å². The summed E-state index contributed by atoms with van der Waals surface area (Å²) >= 11 is 0. The SMILES string of the molecule is O=C1Nc2ccccc2C(=O)N(C2CCCC2)C(C(=O)NCc2ccccc2)c2ccccc21. The first-order chi connectivity index (χ1) is 16.6. The van der Waals surface area contributed by atoms with E-state index in [-0.39, 0.29) is 23.8 Å². The van der Waals surface area contributed by atoms with Gasteiger partial charge >= 0.3 is 0 Å². The molecule has 0 saturated heterocycles. The Bertz CT molecular complexity index is 1220. The number of para-hydroxylation sites is 1. The fourth-order valence-electron chi connectivity index (χ4n) is 5.03. The number of rotatable bonds is 4. The maximum Gasteiger partial charge on any atom is 0.257 e. The maximum absolute atomic E-state index is 14.0. The zero-order chi connectivity index (χ0) is 23.5. The van der Waals surface area contributed by atoms with E-state index in [1.54, 1.807) is 47.4 Å². The normalized spacial score (nSPS) is 18.2. The van der Waals surface area contributed by atoms with Gasteiger partial charge in [-0.15, -0.1) is 0 Å². The van der Waals surface area contributed by atoms with Gasteiger partial charge in [0.25, 0.3) is 11.8 Å². The number of nitrogens with zero attached hydrogens (tertiary/aromatic N) is 1. The smallest absolute Gasteiger partial charge is 0.257 e. The largest absolute Gasteiger partial charge is 0.350 e. The Hall–Kier alpha value is -3.93. The highest BCUT2D eigenvalue weighted by Gasteiger charge is 2.41. The monoisotopic (exact) mass is 453 g/mol. The van der Waals surface area contributed by atoms with Gasteiger partial charge in [0.1, 0.15) is 6.04 Å². The number of benzene rings is 3. The van der Waals surface area contributed by atoms with Crippen LogP contribution in [-0.4, -0.2) is 28.7 Å². The van der Waals surface area contributed by atoms with E-state index >= 15 is 0 Å². The fourth-order valence-corrected chi connectivity index (χ4v) is 5.03. The summed E-state index contributed by atoms with van der Waals surface area (Å²) in [6.45, 7) is 0.341. The summed E-state index contributed by atoms with van der Waals surface area (Å²) in [4.78, 5) is 42.8. The molecule has 34 heavy (non-hydrogen) atoms. The molecule has 2 aliphatic rings. The summed E-state index contributed by atoms with van der Waals surface area (Å²) in [5.41, 5.74) is 2.76. The molecule has 1 heterocycles. The van der Waals surface area contributed by atoms with Gasteiger partial charge in [-0.05, 0) is 42.2 Å². The quantitative estimate of drug-likeness (QED) is 0.601. The van der Waals surface area contributed by atoms with Crippen LogP contribution in [-0.2, 0) is 11.3 Å². The Morgan fingerprint density at radius 2 is 1.50 bits per heavy atom. The Kier molecular flexibility index (Phi) is 6.12. The number of hydrogen-bond acceptors (Lipinski definition) is 3. The molecule has 1 saturated carbocycles. The third-order valence-corrected chi connectivity index (χ3v) is 6.69. The van der Waals surface area contributed by atoms with E-state index in [0.29, 0.717) is 28.9 Å². The predicted octanol–water partition coefficient (Wildman–Crippen LogP) is 4.69. The summed E-state index contributed by atoms with van der Waals surface area (Å²) < 4.78 is 0. The van der Waals surface area contributed by atoms with Crippen LogP contribution < -0.4 is 10.6 Å². The van der Waals surface area contributed by atoms with Gasteiger partial charge in [0.2, 0.25) is 5.91 Å². The average Bonchev–Trinajstić information content (AvgIpc) is 3.41. The van der Waals surface area contributed by atoms with Crippen molar-refractivity contribution in [3.8, 4) is 0 Å². The van der Waals surface area contributed by atoms with Crippen molar-refractivity contribution in [2.24, 2.45) is 0 Å². The molecular weight excluding hydrogens is 426 g/mol. The third-order valence-electron chi connectivity index (χ3n) is 6.69. The van der Waals surface area contributed by atoms with Crippen molar-refractivity contribution in [3.63, 3.8) is 0 Å². The van der Waals surface area contributed by atoms with E-state index in [1.807, 2.05) is 36.4 Å². The Labute approximate surface area is 199 Å². The molecule has 6 heteroatoms. The number of carbonyl (C=O) groups excluding carboxylic acids is 3. The van der Waals surface area contributed by atoms with Crippen LogP contribution >= 0.6 is 0 Å². The van der Waals surface area contributed by atoms with Crippen LogP contribution in [0.15, 0.2) is 78.9 Å². The van der Waals surface area contributed by atoms with Crippen LogP contribution in [0.3, 0.4) is 0 Å². The summed E-state index contributed by atoms with van der Waals surface area (Å²) in [7, 11) is 0. The number of hydrogen-bond donors (Lipinski definition) is 2. The summed E-state index contributed by atoms with van der Waals surface area (Å²) in [6.07, 6.45) is 3.68. The molecule has 1 fully saturated rings. The molecule has 5 rings (SSSR count). The topological polar surface area (TPSA) is 78.5 Å². The third kappa shape index (κ3) is 4.19. The first-order valence-corrected chi connectivity index (χ1v) is 11.8. The standard InChI is InChI=1S/C28H27N3O3/c32-26-22-15-7-6-14-21(22)25(27(33)29-18-19-10-2-1-3-11-19)31(20-12-4-5-13-20)28(34)23-16-8-9-17-24(23)30-26/h1-3,6-11,14-17,20,25H,4-5,12-13,18H2,(H,29,33)(H,30,32). The lowest BCUT2D eigenvalue weighted by atomic mass is 9.95. The zero-order valence-corrected chi connectivity index (χ0v) is 18.9. The molecule has 2 N–H and O–H groups in total.